The van der Waals surface area contributed by atoms with Gasteiger partial charge in [0, 0.05) is 36.8 Å². The lowest BCUT2D eigenvalue weighted by Gasteiger charge is -2.23. The topological polar surface area (TPSA) is 75.2 Å². The van der Waals surface area contributed by atoms with Gasteiger partial charge in [0.15, 0.2) is 9.84 Å². The van der Waals surface area contributed by atoms with Gasteiger partial charge in [-0.15, -0.1) is 0 Å². The van der Waals surface area contributed by atoms with Crippen molar-refractivity contribution in [1.82, 2.24) is 15.3 Å². The van der Waals surface area contributed by atoms with Gasteiger partial charge in [0.1, 0.15) is 0 Å². The summed E-state index contributed by atoms with van der Waals surface area (Å²) >= 11 is 1.75. The van der Waals surface area contributed by atoms with Gasteiger partial charge in [0.05, 0.1) is 16.1 Å². The van der Waals surface area contributed by atoms with E-state index in [9.17, 15) is 8.42 Å². The Kier molecular flexibility index (Phi) is 6.60. The number of hydrogen-bond donors (Lipinski definition) is 1. The minimum absolute atomic E-state index is 0.295. The molecule has 31 heavy (non-hydrogen) atoms. The summed E-state index contributed by atoms with van der Waals surface area (Å²) in [6.45, 7) is 6.02. The van der Waals surface area contributed by atoms with Crippen LogP contribution in [0.25, 0.3) is 10.9 Å². The van der Waals surface area contributed by atoms with Gasteiger partial charge in [-0.2, -0.15) is 11.3 Å². The van der Waals surface area contributed by atoms with E-state index in [-0.39, 0.29) is 0 Å². The van der Waals surface area contributed by atoms with E-state index >= 15 is 0 Å². The number of nitrogens with zero attached hydrogens (tertiary/aromatic N) is 3. The maximum atomic E-state index is 12.0. The second-order valence-corrected chi connectivity index (χ2v) is 11.4. The Morgan fingerprint density at radius 1 is 1.23 bits per heavy atom. The molecule has 3 heterocycles. The minimum Gasteiger partial charge on any atom is -0.341 e. The number of thiophene rings is 1. The van der Waals surface area contributed by atoms with Crippen LogP contribution in [0.15, 0.2) is 39.9 Å². The van der Waals surface area contributed by atoms with Crippen molar-refractivity contribution in [2.24, 2.45) is 0 Å². The Bertz CT molecular complexity index is 1150. The number of nitrogens with one attached hydrogen (secondary N) is 1. The summed E-state index contributed by atoms with van der Waals surface area (Å²) in [5, 5.41) is 9.06. The Morgan fingerprint density at radius 2 is 2.06 bits per heavy atom. The average molecular weight is 459 g/mol. The Labute approximate surface area is 188 Å². The van der Waals surface area contributed by atoms with Crippen LogP contribution in [0, 0.1) is 6.92 Å². The maximum absolute atomic E-state index is 12.0. The number of rotatable bonds is 6. The van der Waals surface area contributed by atoms with Crippen LogP contribution in [0.3, 0.4) is 0 Å². The zero-order valence-electron chi connectivity index (χ0n) is 18.3. The molecule has 4 rings (SSSR count). The molecule has 0 spiro atoms. The van der Waals surface area contributed by atoms with Crippen LogP contribution in [0.2, 0.25) is 0 Å². The minimum atomic E-state index is -3.27. The van der Waals surface area contributed by atoms with Crippen molar-refractivity contribution >= 4 is 38.0 Å². The predicted octanol–water partition coefficient (Wildman–Crippen LogP) is 3.98. The molecule has 3 aromatic rings. The third-order valence-electron chi connectivity index (χ3n) is 5.93. The summed E-state index contributed by atoms with van der Waals surface area (Å²) in [5.41, 5.74) is 2.96. The van der Waals surface area contributed by atoms with Gasteiger partial charge in [-0.25, -0.2) is 18.4 Å². The fourth-order valence-corrected chi connectivity index (χ4v) is 5.63. The summed E-state index contributed by atoms with van der Waals surface area (Å²) in [5.74, 6) is 0.697. The second kappa shape index (κ2) is 9.22. The molecular formula is C23H30N4O2S2. The molecule has 1 N–H and O–H groups in total. The summed E-state index contributed by atoms with van der Waals surface area (Å²) in [7, 11) is -3.27. The first-order valence-electron chi connectivity index (χ1n) is 10.8. The highest BCUT2D eigenvalue weighted by Crippen LogP contribution is 2.24. The normalized spacial score (nSPS) is 18.8. The molecule has 1 aromatic carbocycles. The zero-order valence-corrected chi connectivity index (χ0v) is 20.0. The third kappa shape index (κ3) is 5.42. The lowest BCUT2D eigenvalue weighted by molar-refractivity contribution is 0.413. The van der Waals surface area contributed by atoms with Crippen LogP contribution in [0.1, 0.15) is 37.4 Å². The Morgan fingerprint density at radius 3 is 2.81 bits per heavy atom. The van der Waals surface area contributed by atoms with Gasteiger partial charge in [-0.3, -0.25) is 0 Å². The van der Waals surface area contributed by atoms with Gasteiger partial charge >= 0.3 is 0 Å². The monoisotopic (exact) mass is 458 g/mol. The van der Waals surface area contributed by atoms with Crippen molar-refractivity contribution < 1.29 is 8.42 Å². The van der Waals surface area contributed by atoms with Crippen LogP contribution in [-0.2, 0) is 16.3 Å². The highest BCUT2D eigenvalue weighted by atomic mass is 32.2. The smallest absolute Gasteiger partial charge is 0.226 e. The van der Waals surface area contributed by atoms with Crippen LogP contribution >= 0.6 is 11.3 Å². The van der Waals surface area contributed by atoms with E-state index in [0.717, 1.165) is 49.9 Å². The molecule has 1 aliphatic rings. The van der Waals surface area contributed by atoms with Gasteiger partial charge in [0.25, 0.3) is 0 Å². The fraction of sp³-hybridized carbons (Fsp3) is 0.478. The molecule has 2 atom stereocenters. The van der Waals surface area contributed by atoms with E-state index in [0.29, 0.717) is 28.4 Å². The largest absolute Gasteiger partial charge is 0.341 e. The van der Waals surface area contributed by atoms with Crippen LogP contribution in [-0.4, -0.2) is 49.8 Å². The molecule has 1 aliphatic heterocycles. The van der Waals surface area contributed by atoms with E-state index < -0.39 is 9.84 Å². The number of aromatic nitrogens is 2. The molecule has 0 unspecified atom stereocenters. The number of benzene rings is 1. The first-order chi connectivity index (χ1) is 14.8. The molecule has 0 aliphatic carbocycles. The van der Waals surface area contributed by atoms with Gasteiger partial charge in [0.2, 0.25) is 5.95 Å². The zero-order chi connectivity index (χ0) is 22.0. The molecule has 2 aromatic heterocycles. The van der Waals surface area contributed by atoms with Crippen molar-refractivity contribution in [3.8, 4) is 0 Å². The first-order valence-corrected chi connectivity index (χ1v) is 13.6. The summed E-state index contributed by atoms with van der Waals surface area (Å²) in [6, 6.07) is 8.23. The van der Waals surface area contributed by atoms with E-state index in [1.54, 1.807) is 23.5 Å². The first kappa shape index (κ1) is 22.2. The number of hydrogen-bond acceptors (Lipinski definition) is 7. The van der Waals surface area contributed by atoms with Crippen LogP contribution in [0.5, 0.6) is 0 Å². The Hall–Kier alpha value is -2.03. The van der Waals surface area contributed by atoms with Crippen molar-refractivity contribution in [1.29, 1.82) is 0 Å². The maximum Gasteiger partial charge on any atom is 0.226 e. The van der Waals surface area contributed by atoms with Crippen molar-refractivity contribution in [3.63, 3.8) is 0 Å². The molecule has 1 fully saturated rings. The highest BCUT2D eigenvalue weighted by Gasteiger charge is 2.21. The third-order valence-corrected chi connectivity index (χ3v) is 7.77. The predicted molar refractivity (Wildman–Crippen MR) is 128 cm³/mol. The van der Waals surface area contributed by atoms with Crippen molar-refractivity contribution in [2.45, 2.75) is 56.5 Å². The molecule has 0 amide bonds. The van der Waals surface area contributed by atoms with Crippen molar-refractivity contribution in [3.05, 3.63) is 46.3 Å². The average Bonchev–Trinajstić information content (AvgIpc) is 3.10. The number of aryl methyl sites for hydroxylation is 1. The SMILES string of the molecule is Cc1nc(N2CCC[C@H](N[C@H](C)Cc3ccsc3)CC2)nc2cc(S(C)(=O)=O)ccc12. The molecule has 1 saturated heterocycles. The molecule has 0 bridgehead atoms. The highest BCUT2D eigenvalue weighted by molar-refractivity contribution is 7.90. The molecule has 8 heteroatoms. The Balaban J connectivity index is 1.47. The molecule has 166 valence electrons. The molecule has 6 nitrogen and oxygen atoms in total. The lowest BCUT2D eigenvalue weighted by Crippen LogP contribution is -2.38. The fourth-order valence-electron chi connectivity index (χ4n) is 4.31. The number of anilines is 1. The quantitative estimate of drug-likeness (QED) is 0.602. The van der Waals surface area contributed by atoms with E-state index in [2.05, 4.69) is 34.0 Å². The van der Waals surface area contributed by atoms with E-state index in [1.165, 1.54) is 11.8 Å². The summed E-state index contributed by atoms with van der Waals surface area (Å²) in [6.07, 6.45) is 5.53. The van der Waals surface area contributed by atoms with Crippen LogP contribution in [0.4, 0.5) is 5.95 Å². The number of fused-ring (bicyclic) bond motifs is 1. The molecule has 0 saturated carbocycles. The van der Waals surface area contributed by atoms with Crippen LogP contribution < -0.4 is 10.2 Å². The summed E-state index contributed by atoms with van der Waals surface area (Å²) < 4.78 is 23.9. The van der Waals surface area contributed by atoms with Gasteiger partial charge in [-0.1, -0.05) is 0 Å². The second-order valence-electron chi connectivity index (χ2n) is 8.58. The van der Waals surface area contributed by atoms with Gasteiger partial charge < -0.3 is 10.2 Å². The van der Waals surface area contributed by atoms with Crippen molar-refractivity contribution in [2.75, 3.05) is 24.2 Å². The van der Waals surface area contributed by atoms with Gasteiger partial charge in [-0.05, 0) is 80.1 Å². The number of sulfone groups is 1. The van der Waals surface area contributed by atoms with E-state index in [1.807, 2.05) is 13.0 Å². The molecule has 0 radical (unpaired) electrons. The summed E-state index contributed by atoms with van der Waals surface area (Å²) in [4.78, 5) is 12.0. The lowest BCUT2D eigenvalue weighted by atomic mass is 10.1. The standard InChI is InChI=1S/C23H30N4O2S2/c1-16(13-18-9-12-30-15-18)24-19-5-4-10-27(11-8-19)23-25-17(2)21-7-6-20(31(3,28)29)14-22(21)26-23/h6-7,9,12,14-16,19,24H,4-5,8,10-11,13H2,1-3H3/t16-,19+/m1/s1. The molecular weight excluding hydrogens is 428 g/mol. The van der Waals surface area contributed by atoms with E-state index in [4.69, 9.17) is 9.97 Å².